The summed E-state index contributed by atoms with van der Waals surface area (Å²) in [6.07, 6.45) is 5.09. The summed E-state index contributed by atoms with van der Waals surface area (Å²) in [4.78, 5) is 9.46. The van der Waals surface area contributed by atoms with Crippen molar-refractivity contribution < 1.29 is 8.42 Å². The number of hydrogen-bond donors (Lipinski definition) is 3. The van der Waals surface area contributed by atoms with Gasteiger partial charge in [0.1, 0.15) is 5.82 Å². The Kier molecular flexibility index (Phi) is 7.69. The third kappa shape index (κ3) is 6.53. The smallest absolute Gasteiger partial charge is 0.225 e. The number of halogens is 1. The Bertz CT molecular complexity index is 1100. The average Bonchev–Trinajstić information content (AvgIpc) is 2.73. The first kappa shape index (κ1) is 23.2. The van der Waals surface area contributed by atoms with Gasteiger partial charge in [-0.1, -0.05) is 30.3 Å². The molecule has 0 bridgehead atoms. The van der Waals surface area contributed by atoms with E-state index in [2.05, 4.69) is 15.4 Å². The molecule has 31 heavy (non-hydrogen) atoms. The van der Waals surface area contributed by atoms with E-state index >= 15 is 0 Å². The Labute approximate surface area is 189 Å². The summed E-state index contributed by atoms with van der Waals surface area (Å²) in [6.45, 7) is 0.517. The standard InChI is InChI=1S/C22H27N5O2S.ClH/c1-30(28,29)23-15-16-11-13-18(14-12-16)25-22-26-20-10-6-5-9-19(20)21(27-22)24-17-7-3-2-4-8-17;/h2-10,16,18,23H,11-15H2,1H3,(H2,24,25,26,27);1H. The number of aromatic nitrogens is 2. The van der Waals surface area contributed by atoms with Gasteiger partial charge in [0.2, 0.25) is 16.0 Å². The van der Waals surface area contributed by atoms with Crippen LogP contribution in [0.15, 0.2) is 54.6 Å². The van der Waals surface area contributed by atoms with Crippen molar-refractivity contribution in [2.45, 2.75) is 31.7 Å². The van der Waals surface area contributed by atoms with Crippen LogP contribution in [-0.2, 0) is 10.0 Å². The third-order valence-corrected chi connectivity index (χ3v) is 6.14. The Morgan fingerprint density at radius 1 is 0.935 bits per heavy atom. The zero-order valence-corrected chi connectivity index (χ0v) is 19.0. The van der Waals surface area contributed by atoms with Crippen LogP contribution in [0.5, 0.6) is 0 Å². The van der Waals surface area contributed by atoms with Crippen LogP contribution >= 0.6 is 12.4 Å². The minimum Gasteiger partial charge on any atom is -0.351 e. The van der Waals surface area contributed by atoms with Crippen molar-refractivity contribution in [2.75, 3.05) is 23.4 Å². The lowest BCUT2D eigenvalue weighted by atomic mass is 9.86. The van der Waals surface area contributed by atoms with Gasteiger partial charge < -0.3 is 10.6 Å². The van der Waals surface area contributed by atoms with Crippen molar-refractivity contribution in [3.8, 4) is 0 Å². The molecule has 1 aliphatic rings. The van der Waals surface area contributed by atoms with E-state index in [1.54, 1.807) is 0 Å². The van der Waals surface area contributed by atoms with E-state index in [4.69, 9.17) is 9.97 Å². The van der Waals surface area contributed by atoms with Gasteiger partial charge in [-0.25, -0.2) is 18.1 Å². The van der Waals surface area contributed by atoms with Crippen LogP contribution in [0.4, 0.5) is 17.5 Å². The molecule has 3 N–H and O–H groups in total. The maximum atomic E-state index is 11.3. The molecule has 9 heteroatoms. The van der Waals surface area contributed by atoms with E-state index in [9.17, 15) is 8.42 Å². The highest BCUT2D eigenvalue weighted by atomic mass is 35.5. The number of sulfonamides is 1. The lowest BCUT2D eigenvalue weighted by Crippen LogP contribution is -2.33. The number of hydrogen-bond acceptors (Lipinski definition) is 6. The quantitative estimate of drug-likeness (QED) is 0.485. The molecule has 1 aliphatic carbocycles. The van der Waals surface area contributed by atoms with Crippen LogP contribution < -0.4 is 15.4 Å². The first-order valence-corrected chi connectivity index (χ1v) is 12.2. The monoisotopic (exact) mass is 461 g/mol. The van der Waals surface area contributed by atoms with Gasteiger partial charge >= 0.3 is 0 Å². The summed E-state index contributed by atoms with van der Waals surface area (Å²) in [5, 5.41) is 7.87. The molecule has 2 aromatic carbocycles. The lowest BCUT2D eigenvalue weighted by Gasteiger charge is -2.29. The molecular formula is C22H28ClN5O2S. The number of nitrogens with zero attached hydrogens (tertiary/aromatic N) is 2. The van der Waals surface area contributed by atoms with E-state index in [1.165, 1.54) is 6.26 Å². The van der Waals surface area contributed by atoms with Crippen LogP contribution in [0.3, 0.4) is 0 Å². The summed E-state index contributed by atoms with van der Waals surface area (Å²) in [5.74, 6) is 1.77. The first-order chi connectivity index (χ1) is 14.5. The van der Waals surface area contributed by atoms with E-state index in [-0.39, 0.29) is 18.4 Å². The Hall–Kier alpha value is -2.42. The van der Waals surface area contributed by atoms with Gasteiger partial charge in [0.25, 0.3) is 0 Å². The molecule has 0 radical (unpaired) electrons. The van der Waals surface area contributed by atoms with E-state index in [1.807, 2.05) is 54.6 Å². The third-order valence-electron chi connectivity index (χ3n) is 5.45. The molecule has 1 aromatic heterocycles. The molecule has 0 atom stereocenters. The Morgan fingerprint density at radius 3 is 2.32 bits per heavy atom. The maximum Gasteiger partial charge on any atom is 0.225 e. The van der Waals surface area contributed by atoms with Crippen molar-refractivity contribution in [1.82, 2.24) is 14.7 Å². The van der Waals surface area contributed by atoms with E-state index in [0.29, 0.717) is 18.4 Å². The largest absolute Gasteiger partial charge is 0.351 e. The normalized spacial score (nSPS) is 18.9. The highest BCUT2D eigenvalue weighted by Gasteiger charge is 2.22. The van der Waals surface area contributed by atoms with Gasteiger partial charge in [-0.2, -0.15) is 4.98 Å². The van der Waals surface area contributed by atoms with Crippen LogP contribution in [-0.4, -0.2) is 37.2 Å². The number of para-hydroxylation sites is 2. The number of rotatable bonds is 7. The fourth-order valence-corrected chi connectivity index (χ4v) is 4.40. The molecule has 0 amide bonds. The van der Waals surface area contributed by atoms with Gasteiger partial charge in [0.15, 0.2) is 0 Å². The van der Waals surface area contributed by atoms with Crippen molar-refractivity contribution in [3.63, 3.8) is 0 Å². The van der Waals surface area contributed by atoms with Gasteiger partial charge in [-0.15, -0.1) is 12.4 Å². The van der Waals surface area contributed by atoms with Crippen LogP contribution in [0, 0.1) is 5.92 Å². The van der Waals surface area contributed by atoms with Crippen molar-refractivity contribution in [1.29, 1.82) is 0 Å². The SMILES string of the molecule is CS(=O)(=O)NCC1CCC(Nc2nc(Nc3ccccc3)c3ccccc3n2)CC1.Cl. The summed E-state index contributed by atoms with van der Waals surface area (Å²) in [5.41, 5.74) is 1.87. The summed E-state index contributed by atoms with van der Waals surface area (Å²) in [7, 11) is -3.13. The zero-order valence-electron chi connectivity index (χ0n) is 17.4. The molecule has 0 spiro atoms. The molecule has 1 saturated carbocycles. The minimum absolute atomic E-state index is 0. The van der Waals surface area contributed by atoms with Gasteiger partial charge in [-0.3, -0.25) is 0 Å². The second-order valence-corrected chi connectivity index (χ2v) is 9.72. The number of anilines is 3. The fraction of sp³-hybridized carbons (Fsp3) is 0.364. The maximum absolute atomic E-state index is 11.3. The molecular weight excluding hydrogens is 434 g/mol. The van der Waals surface area contributed by atoms with Gasteiger partial charge in [0, 0.05) is 23.7 Å². The molecule has 0 saturated heterocycles. The van der Waals surface area contributed by atoms with E-state index < -0.39 is 10.0 Å². The highest BCUT2D eigenvalue weighted by Crippen LogP contribution is 2.28. The van der Waals surface area contributed by atoms with Gasteiger partial charge in [-0.05, 0) is 55.9 Å². The Balaban J connectivity index is 0.00000272. The number of fused-ring (bicyclic) bond motifs is 1. The van der Waals surface area contributed by atoms with Crippen molar-refractivity contribution in [2.24, 2.45) is 5.92 Å². The predicted octanol–water partition coefficient (Wildman–Crippen LogP) is 4.32. The predicted molar refractivity (Wildman–Crippen MR) is 129 cm³/mol. The minimum atomic E-state index is -3.13. The van der Waals surface area contributed by atoms with Crippen LogP contribution in [0.25, 0.3) is 10.9 Å². The van der Waals surface area contributed by atoms with Gasteiger partial charge in [0.05, 0.1) is 11.8 Å². The fourth-order valence-electron chi connectivity index (χ4n) is 3.86. The second kappa shape index (κ2) is 10.3. The molecule has 4 rings (SSSR count). The number of nitrogens with one attached hydrogen (secondary N) is 3. The summed E-state index contributed by atoms with van der Waals surface area (Å²) >= 11 is 0. The molecule has 0 aliphatic heterocycles. The molecule has 7 nitrogen and oxygen atoms in total. The molecule has 0 unspecified atom stereocenters. The van der Waals surface area contributed by atoms with Crippen molar-refractivity contribution >= 4 is 50.8 Å². The second-order valence-electron chi connectivity index (χ2n) is 7.89. The topological polar surface area (TPSA) is 96.0 Å². The summed E-state index contributed by atoms with van der Waals surface area (Å²) in [6, 6.07) is 18.2. The molecule has 1 heterocycles. The molecule has 166 valence electrons. The van der Waals surface area contributed by atoms with E-state index in [0.717, 1.165) is 48.1 Å². The molecule has 1 fully saturated rings. The lowest BCUT2D eigenvalue weighted by molar-refractivity contribution is 0.337. The highest BCUT2D eigenvalue weighted by molar-refractivity contribution is 7.88. The molecule has 3 aromatic rings. The number of benzene rings is 2. The Morgan fingerprint density at radius 2 is 1.61 bits per heavy atom. The summed E-state index contributed by atoms with van der Waals surface area (Å²) < 4.78 is 25.2. The van der Waals surface area contributed by atoms with Crippen LogP contribution in [0.1, 0.15) is 25.7 Å². The van der Waals surface area contributed by atoms with Crippen LogP contribution in [0.2, 0.25) is 0 Å². The van der Waals surface area contributed by atoms with Crippen molar-refractivity contribution in [3.05, 3.63) is 54.6 Å². The average molecular weight is 462 g/mol. The zero-order chi connectivity index (χ0) is 21.0. The first-order valence-electron chi connectivity index (χ1n) is 10.3.